The summed E-state index contributed by atoms with van der Waals surface area (Å²) in [4.78, 5) is 2.55. The van der Waals surface area contributed by atoms with E-state index in [4.69, 9.17) is 0 Å². The molecule has 0 bridgehead atoms. The average Bonchev–Trinajstić information content (AvgIpc) is 2.53. The maximum Gasteiger partial charge on any atom is 0.0356 e. The van der Waals surface area contributed by atoms with Crippen molar-refractivity contribution in [2.75, 3.05) is 25.0 Å². The van der Waals surface area contributed by atoms with Crippen LogP contribution in [0, 0.1) is 6.92 Å². The first-order valence-electron chi connectivity index (χ1n) is 6.93. The largest absolute Gasteiger partial charge is 0.382 e. The molecule has 1 atom stereocenters. The smallest absolute Gasteiger partial charge is 0.0356 e. The van der Waals surface area contributed by atoms with Crippen molar-refractivity contribution in [1.82, 2.24) is 4.90 Å². The van der Waals surface area contributed by atoms with Crippen molar-refractivity contribution < 1.29 is 0 Å². The van der Waals surface area contributed by atoms with Gasteiger partial charge in [0.05, 0.1) is 0 Å². The van der Waals surface area contributed by atoms with Crippen molar-refractivity contribution >= 4 is 21.6 Å². The molecule has 100 valence electrons. The fraction of sp³-hybridized carbons (Fsp3) is 0.600. The molecular formula is C15H23BrN2. The Labute approximate surface area is 119 Å². The summed E-state index contributed by atoms with van der Waals surface area (Å²) < 4.78 is 1.16. The minimum absolute atomic E-state index is 0.621. The zero-order valence-corrected chi connectivity index (χ0v) is 13.0. The van der Waals surface area contributed by atoms with Gasteiger partial charge >= 0.3 is 0 Å². The van der Waals surface area contributed by atoms with Gasteiger partial charge in [-0.3, -0.25) is 0 Å². The van der Waals surface area contributed by atoms with E-state index >= 15 is 0 Å². The lowest BCUT2D eigenvalue weighted by atomic mass is 10.1. The maximum atomic E-state index is 3.69. The highest BCUT2D eigenvalue weighted by molar-refractivity contribution is 9.10. The van der Waals surface area contributed by atoms with Crippen molar-refractivity contribution in [2.45, 2.75) is 39.2 Å². The number of hydrogen-bond donors (Lipinski definition) is 1. The number of nitrogens with zero attached hydrogens (tertiary/aromatic N) is 1. The zero-order valence-electron chi connectivity index (χ0n) is 11.4. The van der Waals surface area contributed by atoms with Crippen LogP contribution in [-0.2, 0) is 0 Å². The van der Waals surface area contributed by atoms with Crippen LogP contribution in [-0.4, -0.2) is 30.6 Å². The minimum atomic E-state index is 0.621. The van der Waals surface area contributed by atoms with Gasteiger partial charge in [-0.15, -0.1) is 0 Å². The first-order chi connectivity index (χ1) is 8.67. The van der Waals surface area contributed by atoms with Gasteiger partial charge in [0.25, 0.3) is 0 Å². The SMILES string of the molecule is CCN1CCCC(Nc2cc(C)cc(Br)c2)CC1. The predicted octanol–water partition coefficient (Wildman–Crippen LogP) is 4.04. The van der Waals surface area contributed by atoms with Crippen molar-refractivity contribution in [3.05, 3.63) is 28.2 Å². The molecule has 1 aliphatic heterocycles. The van der Waals surface area contributed by atoms with Gasteiger partial charge < -0.3 is 10.2 Å². The minimum Gasteiger partial charge on any atom is -0.382 e. The monoisotopic (exact) mass is 310 g/mol. The Balaban J connectivity index is 1.96. The number of nitrogens with one attached hydrogen (secondary N) is 1. The maximum absolute atomic E-state index is 3.69. The number of hydrogen-bond acceptors (Lipinski definition) is 2. The fourth-order valence-corrected chi connectivity index (χ4v) is 3.28. The number of likely N-dealkylation sites (tertiary alicyclic amines) is 1. The van der Waals surface area contributed by atoms with E-state index in [1.165, 1.54) is 50.1 Å². The molecule has 1 aliphatic rings. The van der Waals surface area contributed by atoms with Crippen LogP contribution in [0.4, 0.5) is 5.69 Å². The molecule has 1 aromatic rings. The van der Waals surface area contributed by atoms with E-state index in [1.54, 1.807) is 0 Å². The molecule has 1 N–H and O–H groups in total. The van der Waals surface area contributed by atoms with Crippen molar-refractivity contribution in [3.8, 4) is 0 Å². The van der Waals surface area contributed by atoms with Crippen molar-refractivity contribution in [2.24, 2.45) is 0 Å². The van der Waals surface area contributed by atoms with E-state index in [-0.39, 0.29) is 0 Å². The molecule has 18 heavy (non-hydrogen) atoms. The van der Waals surface area contributed by atoms with Gasteiger partial charge in [0.15, 0.2) is 0 Å². The molecule has 1 unspecified atom stereocenters. The van der Waals surface area contributed by atoms with Crippen LogP contribution in [0.2, 0.25) is 0 Å². The molecule has 0 radical (unpaired) electrons. The van der Waals surface area contributed by atoms with Crippen LogP contribution >= 0.6 is 15.9 Å². The summed E-state index contributed by atoms with van der Waals surface area (Å²) in [5.41, 5.74) is 2.55. The standard InChI is InChI=1S/C15H23BrN2/c1-3-18-7-4-5-14(6-8-18)17-15-10-12(2)9-13(16)11-15/h9-11,14,17H,3-8H2,1-2H3. The van der Waals surface area contributed by atoms with Crippen molar-refractivity contribution in [1.29, 1.82) is 0 Å². The van der Waals surface area contributed by atoms with E-state index in [2.05, 4.69) is 58.2 Å². The number of rotatable bonds is 3. The third-order valence-corrected chi connectivity index (χ3v) is 4.14. The first-order valence-corrected chi connectivity index (χ1v) is 7.72. The molecule has 2 rings (SSSR count). The second-order valence-corrected chi connectivity index (χ2v) is 6.14. The molecule has 3 heteroatoms. The van der Waals surface area contributed by atoms with Crippen LogP contribution < -0.4 is 5.32 Å². The summed E-state index contributed by atoms with van der Waals surface area (Å²) in [6, 6.07) is 7.18. The van der Waals surface area contributed by atoms with E-state index in [1.807, 2.05) is 0 Å². The van der Waals surface area contributed by atoms with Gasteiger partial charge in [0, 0.05) is 22.7 Å². The van der Waals surface area contributed by atoms with Crippen LogP contribution in [0.5, 0.6) is 0 Å². The molecule has 0 aromatic heterocycles. The van der Waals surface area contributed by atoms with E-state index in [9.17, 15) is 0 Å². The normalized spacial score (nSPS) is 21.6. The third kappa shape index (κ3) is 3.99. The fourth-order valence-electron chi connectivity index (χ4n) is 2.67. The highest BCUT2D eigenvalue weighted by atomic mass is 79.9. The molecule has 1 aromatic carbocycles. The first kappa shape index (κ1) is 13.9. The van der Waals surface area contributed by atoms with Crippen LogP contribution in [0.3, 0.4) is 0 Å². The molecule has 1 fully saturated rings. The predicted molar refractivity (Wildman–Crippen MR) is 82.3 cm³/mol. The Bertz CT molecular complexity index is 372. The van der Waals surface area contributed by atoms with Gasteiger partial charge in [0.1, 0.15) is 0 Å². The van der Waals surface area contributed by atoms with E-state index < -0.39 is 0 Å². The third-order valence-electron chi connectivity index (χ3n) is 3.68. The highest BCUT2D eigenvalue weighted by Gasteiger charge is 2.15. The van der Waals surface area contributed by atoms with Crippen molar-refractivity contribution in [3.63, 3.8) is 0 Å². The molecule has 0 spiro atoms. The Morgan fingerprint density at radius 3 is 2.83 bits per heavy atom. The Morgan fingerprint density at radius 2 is 2.11 bits per heavy atom. The molecule has 0 saturated carbocycles. The average molecular weight is 311 g/mol. The molecule has 0 aliphatic carbocycles. The number of aryl methyl sites for hydroxylation is 1. The number of halogens is 1. The summed E-state index contributed by atoms with van der Waals surface area (Å²) >= 11 is 3.57. The van der Waals surface area contributed by atoms with Gasteiger partial charge in [-0.25, -0.2) is 0 Å². The quantitative estimate of drug-likeness (QED) is 0.906. The number of benzene rings is 1. The Hall–Kier alpha value is -0.540. The molecule has 0 amide bonds. The van der Waals surface area contributed by atoms with E-state index in [0.717, 1.165) is 4.47 Å². The van der Waals surface area contributed by atoms with Crippen LogP contribution in [0.25, 0.3) is 0 Å². The summed E-state index contributed by atoms with van der Waals surface area (Å²) in [5.74, 6) is 0. The summed E-state index contributed by atoms with van der Waals surface area (Å²) in [6.07, 6.45) is 3.83. The molecule has 2 nitrogen and oxygen atoms in total. The van der Waals surface area contributed by atoms with E-state index in [0.29, 0.717) is 6.04 Å². The van der Waals surface area contributed by atoms with Gasteiger partial charge in [-0.05, 0) is 63.0 Å². The number of anilines is 1. The lowest BCUT2D eigenvalue weighted by molar-refractivity contribution is 0.300. The van der Waals surface area contributed by atoms with Crippen LogP contribution in [0.1, 0.15) is 31.7 Å². The molecular weight excluding hydrogens is 288 g/mol. The lowest BCUT2D eigenvalue weighted by Gasteiger charge is -2.19. The summed E-state index contributed by atoms with van der Waals surface area (Å²) in [6.45, 7) is 8.06. The second kappa shape index (κ2) is 6.58. The lowest BCUT2D eigenvalue weighted by Crippen LogP contribution is -2.26. The topological polar surface area (TPSA) is 15.3 Å². The van der Waals surface area contributed by atoms with Crippen LogP contribution in [0.15, 0.2) is 22.7 Å². The zero-order chi connectivity index (χ0) is 13.0. The Morgan fingerprint density at radius 1 is 1.28 bits per heavy atom. The second-order valence-electron chi connectivity index (χ2n) is 5.22. The summed E-state index contributed by atoms with van der Waals surface area (Å²) in [5, 5.41) is 3.69. The molecule has 1 heterocycles. The summed E-state index contributed by atoms with van der Waals surface area (Å²) in [7, 11) is 0. The molecule has 1 saturated heterocycles. The van der Waals surface area contributed by atoms with Gasteiger partial charge in [0.2, 0.25) is 0 Å². The highest BCUT2D eigenvalue weighted by Crippen LogP contribution is 2.22. The van der Waals surface area contributed by atoms with Gasteiger partial charge in [-0.1, -0.05) is 22.9 Å². The Kier molecular flexibility index (Phi) is 5.07. The van der Waals surface area contributed by atoms with Gasteiger partial charge in [-0.2, -0.15) is 0 Å².